The van der Waals surface area contributed by atoms with Gasteiger partial charge in [0.15, 0.2) is 0 Å². The van der Waals surface area contributed by atoms with E-state index in [9.17, 15) is 44.2 Å². The molecular formula is C59H79ClF3N6O10PS3. The maximum Gasteiger partial charge on any atom is 0.501 e. The molecule has 0 saturated carbocycles. The van der Waals surface area contributed by atoms with Crippen LogP contribution in [0.25, 0.3) is 5.57 Å². The van der Waals surface area contributed by atoms with Crippen LogP contribution >= 0.6 is 31.0 Å². The van der Waals surface area contributed by atoms with Crippen molar-refractivity contribution in [2.24, 2.45) is 10.8 Å². The molecule has 0 aromatic heterocycles. The van der Waals surface area contributed by atoms with Crippen molar-refractivity contribution in [3.63, 3.8) is 0 Å². The molecule has 83 heavy (non-hydrogen) atoms. The van der Waals surface area contributed by atoms with Gasteiger partial charge >= 0.3 is 19.1 Å². The maximum atomic E-state index is 14.5. The molecule has 0 spiro atoms. The first-order valence-corrected chi connectivity index (χ1v) is 34.2. The quantitative estimate of drug-likeness (QED) is 0.0262. The smallest absolute Gasteiger partial charge is 0.438 e. The summed E-state index contributed by atoms with van der Waals surface area (Å²) in [6, 6.07) is 25.8. The van der Waals surface area contributed by atoms with Crippen LogP contribution in [-0.4, -0.2) is 152 Å². The van der Waals surface area contributed by atoms with E-state index in [1.165, 1.54) is 40.6 Å². The molecule has 0 radical (unpaired) electrons. The third-order valence-corrected chi connectivity index (χ3v) is 21.3. The minimum atomic E-state index is -6.13. The zero-order valence-corrected chi connectivity index (χ0v) is 52.3. The Balaban J connectivity index is 0.969. The molecule has 2 saturated heterocycles. The number of carbonyl (C=O) groups excluding carboxylic acids is 2. The third kappa shape index (κ3) is 19.0. The van der Waals surface area contributed by atoms with Crippen LogP contribution in [0.3, 0.4) is 0 Å². The fraction of sp³-hybridized carbons (Fsp3) is 0.525. The fourth-order valence-corrected chi connectivity index (χ4v) is 14.9. The maximum absolute atomic E-state index is 14.5. The van der Waals surface area contributed by atoms with E-state index in [0.717, 1.165) is 74.7 Å². The van der Waals surface area contributed by atoms with E-state index in [0.29, 0.717) is 75.4 Å². The van der Waals surface area contributed by atoms with E-state index in [2.05, 4.69) is 50.9 Å². The van der Waals surface area contributed by atoms with Gasteiger partial charge in [0.1, 0.15) is 4.90 Å². The number of rotatable bonds is 26. The topological polar surface area (TPSA) is 184 Å². The Kier molecular flexibility index (Phi) is 22.9. The minimum Gasteiger partial charge on any atom is -0.438 e. The summed E-state index contributed by atoms with van der Waals surface area (Å²) < 4.78 is 129. The lowest BCUT2D eigenvalue weighted by Gasteiger charge is -2.39. The second kappa shape index (κ2) is 28.8. The molecule has 2 N–H and O–H groups in total. The molecule has 1 aliphatic carbocycles. The molecule has 1 unspecified atom stereocenters. The number of amides is 1. The van der Waals surface area contributed by atoms with Crippen molar-refractivity contribution in [3.8, 4) is 0 Å². The standard InChI is InChI=1S/C59H79ClF3N6O10PS3/c1-7-78-80(72,79-43-77-56(71)57(2,3)4)38-11-28-66-30-32-67(33-31-66)29-25-48(26-39-81-50-12-9-8-10-13-50)64-53-23-22-51(40-54(53)82(73,74)59(61,62)63)83(75,76)65-55(70)45-16-20-49(21-17-45)69-36-34-68(35-37-69)42-46-41-58(5,6)27-24-52(46)44-14-18-47(60)19-15-44/h8-10,12-23,40,48,64H,7,11,24-39,41-43H2,1-6H3,(H,65,70)/t48-,80?/m1/s1. The SMILES string of the molecule is CCOP(=O)(CCCN1CCN(CC[C@H](CCSc2ccccc2)Nc2ccc(S(=O)(=O)NC(=O)c3ccc(N4CCN(CC5=C(c6ccc(Cl)cc6)CCC(C)(C)C5)CC4)cc3)cc2S(=O)(=O)C(F)(F)F)CC1)OCOC(=O)C(C)(C)C. The van der Waals surface area contributed by atoms with Gasteiger partial charge in [-0.3, -0.25) is 23.6 Å². The van der Waals surface area contributed by atoms with Gasteiger partial charge in [0.25, 0.3) is 25.8 Å². The number of hydrogen-bond donors (Lipinski definition) is 2. The number of ether oxygens (including phenoxy) is 1. The zero-order valence-electron chi connectivity index (χ0n) is 48.2. The molecule has 2 aliphatic heterocycles. The summed E-state index contributed by atoms with van der Waals surface area (Å²) in [5.74, 6) is -1.02. The van der Waals surface area contributed by atoms with Crippen LogP contribution in [0.5, 0.6) is 0 Å². The molecule has 0 bridgehead atoms. The van der Waals surface area contributed by atoms with E-state index in [-0.39, 0.29) is 23.7 Å². The summed E-state index contributed by atoms with van der Waals surface area (Å²) in [5.41, 5.74) is -1.94. The van der Waals surface area contributed by atoms with E-state index in [4.69, 9.17) is 25.4 Å². The number of sulfonamides is 1. The van der Waals surface area contributed by atoms with Crippen molar-refractivity contribution in [2.75, 3.05) is 108 Å². The van der Waals surface area contributed by atoms with Crippen molar-refractivity contribution in [3.05, 3.63) is 119 Å². The number of allylic oxidation sites excluding steroid dienone is 1. The number of hydrogen-bond acceptors (Lipinski definition) is 16. The fourth-order valence-electron chi connectivity index (χ4n) is 10.3. The number of thioether (sulfide) groups is 1. The molecule has 4 aromatic rings. The Morgan fingerprint density at radius 2 is 1.45 bits per heavy atom. The van der Waals surface area contributed by atoms with Gasteiger partial charge in [0, 0.05) is 92.7 Å². The number of anilines is 2. The number of nitrogens with one attached hydrogen (secondary N) is 2. The van der Waals surface area contributed by atoms with E-state index < -0.39 is 78.6 Å². The van der Waals surface area contributed by atoms with Crippen molar-refractivity contribution < 1.29 is 57.9 Å². The third-order valence-electron chi connectivity index (χ3n) is 15.1. The molecule has 4 aromatic carbocycles. The Morgan fingerprint density at radius 1 is 0.807 bits per heavy atom. The van der Waals surface area contributed by atoms with Gasteiger partial charge in [-0.2, -0.15) is 13.2 Å². The molecule has 7 rings (SSSR count). The van der Waals surface area contributed by atoms with Gasteiger partial charge in [0.05, 0.1) is 28.8 Å². The summed E-state index contributed by atoms with van der Waals surface area (Å²) in [5, 5.41) is 3.75. The Labute approximate surface area is 497 Å². The number of piperazine rings is 2. The first-order chi connectivity index (χ1) is 39.1. The van der Waals surface area contributed by atoms with Crippen LogP contribution in [0, 0.1) is 10.8 Å². The van der Waals surface area contributed by atoms with Crippen LogP contribution in [0.4, 0.5) is 24.5 Å². The lowest BCUT2D eigenvalue weighted by atomic mass is 9.73. The molecule has 3 aliphatic rings. The summed E-state index contributed by atoms with van der Waals surface area (Å²) in [6.45, 7) is 18.7. The molecule has 1 amide bonds. The minimum absolute atomic E-state index is 0.0232. The van der Waals surface area contributed by atoms with Crippen LogP contribution in [0.1, 0.15) is 96.0 Å². The van der Waals surface area contributed by atoms with Crippen LogP contribution in [0.15, 0.2) is 117 Å². The largest absolute Gasteiger partial charge is 0.501 e. The molecule has 2 fully saturated rings. The molecule has 2 atom stereocenters. The molecule has 456 valence electrons. The van der Waals surface area contributed by atoms with Gasteiger partial charge < -0.3 is 29.3 Å². The van der Waals surface area contributed by atoms with E-state index in [1.807, 2.05) is 47.2 Å². The molecule has 16 nitrogen and oxygen atoms in total. The van der Waals surface area contributed by atoms with Crippen LogP contribution in [0.2, 0.25) is 5.02 Å². The Hall–Kier alpha value is -4.48. The number of alkyl halides is 3. The first-order valence-electron chi connectivity index (χ1n) is 28.1. The number of carbonyl (C=O) groups is 2. The van der Waals surface area contributed by atoms with Gasteiger partial charge in [-0.25, -0.2) is 21.6 Å². The molecule has 2 heterocycles. The Morgan fingerprint density at radius 3 is 2.07 bits per heavy atom. The van der Waals surface area contributed by atoms with Crippen LogP contribution in [-0.2, 0) is 43.0 Å². The second-order valence-electron chi connectivity index (χ2n) is 23.1. The van der Waals surface area contributed by atoms with Crippen molar-refractivity contribution in [1.29, 1.82) is 0 Å². The van der Waals surface area contributed by atoms with E-state index >= 15 is 0 Å². The highest BCUT2D eigenvalue weighted by atomic mass is 35.5. The predicted molar refractivity (Wildman–Crippen MR) is 322 cm³/mol. The zero-order chi connectivity index (χ0) is 60.2. The number of esters is 1. The number of halogens is 4. The predicted octanol–water partition coefficient (Wildman–Crippen LogP) is 11.7. The highest BCUT2D eigenvalue weighted by molar-refractivity contribution is 7.99. The average molecular weight is 1250 g/mol. The molecular weight excluding hydrogens is 1170 g/mol. The van der Waals surface area contributed by atoms with Gasteiger partial charge in [-0.1, -0.05) is 61.4 Å². The summed E-state index contributed by atoms with van der Waals surface area (Å²) >= 11 is 7.74. The summed E-state index contributed by atoms with van der Waals surface area (Å²) in [6.07, 6.45) is 4.52. The molecule has 24 heteroatoms. The lowest BCUT2D eigenvalue weighted by Crippen LogP contribution is -2.47. The van der Waals surface area contributed by atoms with Gasteiger partial charge in [-0.15, -0.1) is 11.8 Å². The van der Waals surface area contributed by atoms with E-state index in [1.54, 1.807) is 39.8 Å². The highest BCUT2D eigenvalue weighted by Gasteiger charge is 2.48. The van der Waals surface area contributed by atoms with Gasteiger partial charge in [-0.05, 0) is 162 Å². The summed E-state index contributed by atoms with van der Waals surface area (Å²) in [7, 11) is -14.6. The van der Waals surface area contributed by atoms with Crippen molar-refractivity contribution >= 4 is 79.6 Å². The van der Waals surface area contributed by atoms with Crippen molar-refractivity contribution in [2.45, 2.75) is 106 Å². The lowest BCUT2D eigenvalue weighted by molar-refractivity contribution is -0.160. The number of benzene rings is 4. The number of nitrogens with zero attached hydrogens (tertiary/aromatic N) is 4. The normalized spacial score (nSPS) is 18.1. The number of sulfone groups is 1. The van der Waals surface area contributed by atoms with Crippen molar-refractivity contribution in [1.82, 2.24) is 19.4 Å². The second-order valence-corrected chi connectivity index (χ2v) is 30.5. The van der Waals surface area contributed by atoms with Crippen LogP contribution < -0.4 is 14.9 Å². The highest BCUT2D eigenvalue weighted by Crippen LogP contribution is 2.49. The first kappa shape index (κ1) is 66.1. The Bertz CT molecular complexity index is 3140. The van der Waals surface area contributed by atoms with Gasteiger partial charge in [0.2, 0.25) is 6.79 Å². The summed E-state index contributed by atoms with van der Waals surface area (Å²) in [4.78, 5) is 33.6. The average Bonchev–Trinajstić information content (AvgIpc) is 2.54. The monoisotopic (exact) mass is 1250 g/mol.